The lowest BCUT2D eigenvalue weighted by molar-refractivity contribution is 0.406. The van der Waals surface area contributed by atoms with Gasteiger partial charge in [-0.3, -0.25) is 4.21 Å². The van der Waals surface area contributed by atoms with Crippen LogP contribution in [0.1, 0.15) is 24.3 Å². The normalized spacial score (nSPS) is 13.6. The van der Waals surface area contributed by atoms with Crippen LogP contribution in [0, 0.1) is 0 Å². The molecular formula is C19H21NO3S. The molecule has 0 radical (unpaired) electrons. The van der Waals surface area contributed by atoms with Crippen LogP contribution in [0.3, 0.4) is 0 Å². The molecule has 0 fully saturated rings. The van der Waals surface area contributed by atoms with Gasteiger partial charge in [-0.2, -0.15) is 0 Å². The molecule has 126 valence electrons. The molecule has 0 aliphatic carbocycles. The van der Waals surface area contributed by atoms with E-state index in [0.717, 1.165) is 33.7 Å². The van der Waals surface area contributed by atoms with Crippen LogP contribution in [0.15, 0.2) is 52.9 Å². The van der Waals surface area contributed by atoms with Gasteiger partial charge in [0.15, 0.2) is 11.3 Å². The van der Waals surface area contributed by atoms with Crippen LogP contribution in [-0.2, 0) is 16.6 Å². The molecule has 5 heteroatoms. The molecular weight excluding hydrogens is 322 g/mol. The summed E-state index contributed by atoms with van der Waals surface area (Å²) in [4.78, 5) is 0. The Morgan fingerprint density at radius 2 is 2.00 bits per heavy atom. The predicted molar refractivity (Wildman–Crippen MR) is 99.0 cm³/mol. The van der Waals surface area contributed by atoms with Crippen LogP contribution in [0.4, 0.5) is 5.69 Å². The molecule has 1 heterocycles. The number of furan rings is 1. The van der Waals surface area contributed by atoms with Crippen LogP contribution in [0.5, 0.6) is 5.75 Å². The molecule has 2 aromatic carbocycles. The fourth-order valence-corrected chi connectivity index (χ4v) is 3.39. The van der Waals surface area contributed by atoms with Crippen molar-refractivity contribution in [1.82, 2.24) is 0 Å². The third kappa shape index (κ3) is 3.62. The Bertz CT molecular complexity index is 872. The van der Waals surface area contributed by atoms with E-state index in [1.807, 2.05) is 48.5 Å². The molecule has 0 saturated carbocycles. The summed E-state index contributed by atoms with van der Waals surface area (Å²) in [5.74, 6) is 2.14. The third-order valence-corrected chi connectivity index (χ3v) is 4.59. The highest BCUT2D eigenvalue weighted by atomic mass is 32.2. The lowest BCUT2D eigenvalue weighted by Gasteiger charge is -2.13. The fourth-order valence-electron chi connectivity index (χ4n) is 2.74. The van der Waals surface area contributed by atoms with E-state index in [9.17, 15) is 4.21 Å². The van der Waals surface area contributed by atoms with E-state index in [4.69, 9.17) is 9.15 Å². The third-order valence-electron chi connectivity index (χ3n) is 3.85. The van der Waals surface area contributed by atoms with Crippen molar-refractivity contribution in [2.24, 2.45) is 0 Å². The number of benzene rings is 2. The van der Waals surface area contributed by atoms with Crippen LogP contribution >= 0.6 is 0 Å². The average molecular weight is 343 g/mol. The molecule has 4 nitrogen and oxygen atoms in total. The minimum Gasteiger partial charge on any atom is -0.493 e. The van der Waals surface area contributed by atoms with Crippen molar-refractivity contribution in [3.8, 4) is 5.75 Å². The molecule has 0 aliphatic rings. The monoisotopic (exact) mass is 343 g/mol. The highest BCUT2D eigenvalue weighted by molar-refractivity contribution is 7.83. The fraction of sp³-hybridized carbons (Fsp3) is 0.263. The summed E-state index contributed by atoms with van der Waals surface area (Å²) >= 11 is 0. The first-order chi connectivity index (χ1) is 11.6. The minimum absolute atomic E-state index is 0.00415. The van der Waals surface area contributed by atoms with Gasteiger partial charge in [-0.1, -0.05) is 24.3 Å². The van der Waals surface area contributed by atoms with E-state index in [2.05, 4.69) is 12.2 Å². The second-order valence-electron chi connectivity index (χ2n) is 5.81. The number of hydrogen-bond acceptors (Lipinski definition) is 4. The van der Waals surface area contributed by atoms with Crippen molar-refractivity contribution < 1.29 is 13.4 Å². The van der Waals surface area contributed by atoms with Crippen LogP contribution in [0.2, 0.25) is 0 Å². The highest BCUT2D eigenvalue weighted by Gasteiger charge is 2.14. The summed E-state index contributed by atoms with van der Waals surface area (Å²) in [6.07, 6.45) is 1.71. The quantitative estimate of drug-likeness (QED) is 0.716. The zero-order chi connectivity index (χ0) is 17.1. The lowest BCUT2D eigenvalue weighted by Crippen LogP contribution is -2.06. The molecule has 2 atom stereocenters. The minimum atomic E-state index is -0.848. The summed E-state index contributed by atoms with van der Waals surface area (Å²) in [5, 5.41) is 4.46. The number of rotatable bonds is 6. The van der Waals surface area contributed by atoms with Crippen LogP contribution < -0.4 is 10.1 Å². The van der Waals surface area contributed by atoms with Gasteiger partial charge in [0.2, 0.25) is 0 Å². The molecule has 0 aliphatic heterocycles. The molecule has 0 spiro atoms. The Balaban J connectivity index is 1.82. The Labute approximate surface area is 144 Å². The smallest absolute Gasteiger partial charge is 0.176 e. The molecule has 0 amide bonds. The maximum absolute atomic E-state index is 11.4. The number of nitrogens with one attached hydrogen (secondary N) is 1. The first kappa shape index (κ1) is 16.6. The molecule has 0 saturated heterocycles. The summed E-state index contributed by atoms with van der Waals surface area (Å²) in [5.41, 5.74) is 2.80. The van der Waals surface area contributed by atoms with Gasteiger partial charge in [-0.25, -0.2) is 0 Å². The number of para-hydroxylation sites is 1. The van der Waals surface area contributed by atoms with E-state index in [1.165, 1.54) is 0 Å². The van der Waals surface area contributed by atoms with E-state index >= 15 is 0 Å². The van der Waals surface area contributed by atoms with Gasteiger partial charge in [0.25, 0.3) is 0 Å². The Morgan fingerprint density at radius 3 is 2.75 bits per heavy atom. The Hall–Kier alpha value is -2.27. The zero-order valence-corrected chi connectivity index (χ0v) is 14.9. The van der Waals surface area contributed by atoms with Crippen molar-refractivity contribution in [2.75, 3.05) is 18.7 Å². The van der Waals surface area contributed by atoms with Crippen molar-refractivity contribution in [3.63, 3.8) is 0 Å². The van der Waals surface area contributed by atoms with Crippen molar-refractivity contribution in [3.05, 3.63) is 59.9 Å². The number of hydrogen-bond donors (Lipinski definition) is 1. The number of methoxy groups -OCH3 is 1. The Morgan fingerprint density at radius 1 is 1.21 bits per heavy atom. The first-order valence-corrected chi connectivity index (χ1v) is 9.51. The largest absolute Gasteiger partial charge is 0.493 e. The van der Waals surface area contributed by atoms with Gasteiger partial charge in [-0.05, 0) is 36.8 Å². The predicted octanol–water partition coefficient (Wildman–Crippen LogP) is 4.49. The van der Waals surface area contributed by atoms with Gasteiger partial charge in [-0.15, -0.1) is 0 Å². The molecule has 3 rings (SSSR count). The first-order valence-electron chi connectivity index (χ1n) is 7.79. The highest BCUT2D eigenvalue weighted by Crippen LogP contribution is 2.32. The molecule has 3 aromatic rings. The van der Waals surface area contributed by atoms with Crippen LogP contribution in [-0.4, -0.2) is 17.6 Å². The number of ether oxygens (including phenoxy) is 1. The lowest BCUT2D eigenvalue weighted by atomic mass is 10.2. The van der Waals surface area contributed by atoms with E-state index in [-0.39, 0.29) is 6.04 Å². The number of fused-ring (bicyclic) bond motifs is 1. The second-order valence-corrected chi connectivity index (χ2v) is 7.25. The Kier molecular flexibility index (Phi) is 4.90. The molecule has 0 unspecified atom stereocenters. The summed E-state index contributed by atoms with van der Waals surface area (Å²) in [6, 6.07) is 15.9. The van der Waals surface area contributed by atoms with E-state index in [0.29, 0.717) is 5.75 Å². The molecule has 1 aromatic heterocycles. The molecule has 24 heavy (non-hydrogen) atoms. The topological polar surface area (TPSA) is 51.5 Å². The molecule has 1 N–H and O–H groups in total. The van der Waals surface area contributed by atoms with E-state index < -0.39 is 10.8 Å². The van der Waals surface area contributed by atoms with Crippen molar-refractivity contribution >= 4 is 27.5 Å². The SMILES string of the molecule is COc1cccc2cc([C@@H](C)Nc3cccc(C[S@](C)=O)c3)oc12. The summed E-state index contributed by atoms with van der Waals surface area (Å²) < 4.78 is 22.7. The summed E-state index contributed by atoms with van der Waals surface area (Å²) in [6.45, 7) is 2.05. The van der Waals surface area contributed by atoms with Gasteiger partial charge >= 0.3 is 0 Å². The van der Waals surface area contributed by atoms with Crippen molar-refractivity contribution in [2.45, 2.75) is 18.7 Å². The maximum Gasteiger partial charge on any atom is 0.176 e. The van der Waals surface area contributed by atoms with Gasteiger partial charge in [0, 0.05) is 33.9 Å². The average Bonchev–Trinajstić information content (AvgIpc) is 2.98. The van der Waals surface area contributed by atoms with E-state index in [1.54, 1.807) is 13.4 Å². The second kappa shape index (κ2) is 7.09. The maximum atomic E-state index is 11.4. The summed E-state index contributed by atoms with van der Waals surface area (Å²) in [7, 11) is 0.793. The zero-order valence-electron chi connectivity index (χ0n) is 14.0. The number of anilines is 1. The van der Waals surface area contributed by atoms with Crippen molar-refractivity contribution in [1.29, 1.82) is 0 Å². The van der Waals surface area contributed by atoms with Gasteiger partial charge < -0.3 is 14.5 Å². The van der Waals surface area contributed by atoms with Gasteiger partial charge in [0.1, 0.15) is 5.76 Å². The standard InChI is InChI=1S/C19H21NO3S/c1-13(20-16-8-4-6-14(10-16)12-24(3)21)18-11-15-7-5-9-17(22-2)19(15)23-18/h4-11,13,20H,12H2,1-3H3/t13-,24+/m1/s1. The molecule has 0 bridgehead atoms. The van der Waals surface area contributed by atoms with Gasteiger partial charge in [0.05, 0.1) is 13.2 Å². The van der Waals surface area contributed by atoms with Crippen LogP contribution in [0.25, 0.3) is 11.0 Å².